The Bertz CT molecular complexity index is 524. The molecule has 0 saturated carbocycles. The summed E-state index contributed by atoms with van der Waals surface area (Å²) in [5.41, 5.74) is -0.514. The maximum absolute atomic E-state index is 12.6. The number of nitrogens with zero attached hydrogens (tertiary/aromatic N) is 1. The van der Waals surface area contributed by atoms with Crippen LogP contribution < -0.4 is 0 Å². The molecule has 0 atom stereocenters. The second-order valence-corrected chi connectivity index (χ2v) is 7.95. The molecule has 18 heavy (non-hydrogen) atoms. The summed E-state index contributed by atoms with van der Waals surface area (Å²) in [6.07, 6.45) is 0. The number of alkyl halides is 1. The molecule has 4 nitrogen and oxygen atoms in total. The van der Waals surface area contributed by atoms with E-state index in [1.165, 1.54) is 15.6 Å². The third-order valence-electron chi connectivity index (χ3n) is 2.92. The van der Waals surface area contributed by atoms with Crippen molar-refractivity contribution in [3.63, 3.8) is 0 Å². The van der Waals surface area contributed by atoms with Gasteiger partial charge in [-0.05, 0) is 19.9 Å². The number of hydrogen-bond donors (Lipinski definition) is 0. The van der Waals surface area contributed by atoms with Crippen LogP contribution >= 0.6 is 22.9 Å². The highest BCUT2D eigenvalue weighted by atomic mass is 35.5. The molecule has 1 saturated heterocycles. The van der Waals surface area contributed by atoms with E-state index in [9.17, 15) is 8.42 Å². The summed E-state index contributed by atoms with van der Waals surface area (Å²) in [6, 6.07) is 1.65. The lowest BCUT2D eigenvalue weighted by Gasteiger charge is -2.40. The summed E-state index contributed by atoms with van der Waals surface area (Å²) in [7, 11) is -3.45. The molecule has 1 fully saturated rings. The Labute approximate surface area is 117 Å². The van der Waals surface area contributed by atoms with Crippen molar-refractivity contribution in [3.8, 4) is 0 Å². The first-order valence-electron chi connectivity index (χ1n) is 5.62. The highest BCUT2D eigenvalue weighted by Gasteiger charge is 2.40. The molecule has 1 aliphatic heterocycles. The van der Waals surface area contributed by atoms with E-state index in [1.807, 2.05) is 13.8 Å². The fourth-order valence-corrected chi connectivity index (χ4v) is 5.11. The largest absolute Gasteiger partial charge is 0.378 e. The van der Waals surface area contributed by atoms with Crippen molar-refractivity contribution >= 4 is 33.0 Å². The molecule has 0 amide bonds. The lowest BCUT2D eigenvalue weighted by Crippen LogP contribution is -2.55. The van der Waals surface area contributed by atoms with Crippen molar-refractivity contribution in [1.29, 1.82) is 0 Å². The Morgan fingerprint density at radius 2 is 2.28 bits per heavy atom. The first kappa shape index (κ1) is 14.3. The number of morpholine rings is 1. The van der Waals surface area contributed by atoms with Gasteiger partial charge in [0, 0.05) is 16.8 Å². The van der Waals surface area contributed by atoms with Crippen LogP contribution in [0.2, 0.25) is 0 Å². The van der Waals surface area contributed by atoms with Crippen molar-refractivity contribution in [1.82, 2.24) is 4.31 Å². The van der Waals surface area contributed by atoms with E-state index in [2.05, 4.69) is 0 Å². The van der Waals surface area contributed by atoms with E-state index in [0.717, 1.165) is 4.88 Å². The molecule has 0 unspecified atom stereocenters. The fraction of sp³-hybridized carbons (Fsp3) is 0.636. The standard InChI is InChI=1S/C11H16ClNO3S2/c1-11(2)8-16-4-3-13(11)18(14,15)10-5-9(6-12)17-7-10/h5,7H,3-4,6,8H2,1-2H3. The average molecular weight is 310 g/mol. The van der Waals surface area contributed by atoms with E-state index in [4.69, 9.17) is 16.3 Å². The topological polar surface area (TPSA) is 46.6 Å². The zero-order chi connectivity index (χ0) is 13.4. The van der Waals surface area contributed by atoms with Gasteiger partial charge >= 0.3 is 0 Å². The first-order chi connectivity index (χ1) is 8.38. The lowest BCUT2D eigenvalue weighted by atomic mass is 10.1. The van der Waals surface area contributed by atoms with E-state index >= 15 is 0 Å². The number of hydrogen-bond acceptors (Lipinski definition) is 4. The Hall–Kier alpha value is -0.140. The van der Waals surface area contributed by atoms with Gasteiger partial charge < -0.3 is 4.74 Å². The van der Waals surface area contributed by atoms with Crippen LogP contribution in [0.25, 0.3) is 0 Å². The Morgan fingerprint density at radius 1 is 1.56 bits per heavy atom. The minimum atomic E-state index is -3.45. The van der Waals surface area contributed by atoms with Crippen LogP contribution in [0.3, 0.4) is 0 Å². The predicted octanol–water partition coefficient (Wildman–Crippen LogP) is 2.29. The van der Waals surface area contributed by atoms with Crippen LogP contribution in [0.15, 0.2) is 16.3 Å². The summed E-state index contributed by atoms with van der Waals surface area (Å²) >= 11 is 7.09. The second-order valence-electron chi connectivity index (χ2n) is 4.82. The summed E-state index contributed by atoms with van der Waals surface area (Å²) in [5, 5.41) is 1.65. The fourth-order valence-electron chi connectivity index (χ4n) is 1.98. The van der Waals surface area contributed by atoms with Crippen molar-refractivity contribution < 1.29 is 13.2 Å². The smallest absolute Gasteiger partial charge is 0.244 e. The van der Waals surface area contributed by atoms with Crippen LogP contribution in [0.5, 0.6) is 0 Å². The van der Waals surface area contributed by atoms with Gasteiger partial charge in [-0.3, -0.25) is 0 Å². The number of halogens is 1. The molecule has 0 bridgehead atoms. The molecular weight excluding hydrogens is 294 g/mol. The van der Waals surface area contributed by atoms with Gasteiger partial charge in [-0.1, -0.05) is 0 Å². The Kier molecular flexibility index (Phi) is 4.04. The van der Waals surface area contributed by atoms with E-state index in [1.54, 1.807) is 11.4 Å². The second kappa shape index (κ2) is 5.09. The number of sulfonamides is 1. The number of thiophene rings is 1. The molecule has 0 N–H and O–H groups in total. The SMILES string of the molecule is CC1(C)COCCN1S(=O)(=O)c1csc(CCl)c1. The quantitative estimate of drug-likeness (QED) is 0.805. The molecule has 2 rings (SSSR count). The van der Waals surface area contributed by atoms with Gasteiger partial charge in [-0.2, -0.15) is 4.31 Å². The summed E-state index contributed by atoms with van der Waals surface area (Å²) in [4.78, 5) is 1.19. The zero-order valence-corrected chi connectivity index (χ0v) is 12.7. The van der Waals surface area contributed by atoms with E-state index < -0.39 is 15.6 Å². The minimum absolute atomic E-state index is 0.332. The lowest BCUT2D eigenvalue weighted by molar-refractivity contribution is -0.00769. The zero-order valence-electron chi connectivity index (χ0n) is 10.3. The molecule has 0 radical (unpaired) electrons. The van der Waals surface area contributed by atoms with E-state index in [-0.39, 0.29) is 0 Å². The third kappa shape index (κ3) is 2.58. The van der Waals surface area contributed by atoms with Crippen molar-refractivity contribution in [2.24, 2.45) is 0 Å². The van der Waals surface area contributed by atoms with Crippen LogP contribution in [0.4, 0.5) is 0 Å². The van der Waals surface area contributed by atoms with Gasteiger partial charge in [0.15, 0.2) is 0 Å². The van der Waals surface area contributed by atoms with Crippen LogP contribution in [0.1, 0.15) is 18.7 Å². The Balaban J connectivity index is 2.35. The molecule has 0 aliphatic carbocycles. The van der Waals surface area contributed by atoms with Gasteiger partial charge in [0.1, 0.15) is 0 Å². The molecular formula is C11H16ClNO3S2. The monoisotopic (exact) mass is 309 g/mol. The summed E-state index contributed by atoms with van der Waals surface area (Å²) in [5.74, 6) is 0.340. The highest BCUT2D eigenvalue weighted by molar-refractivity contribution is 7.89. The maximum Gasteiger partial charge on any atom is 0.244 e. The molecule has 0 aromatic carbocycles. The molecule has 0 spiro atoms. The predicted molar refractivity (Wildman–Crippen MR) is 72.7 cm³/mol. The molecule has 102 valence electrons. The summed E-state index contributed by atoms with van der Waals surface area (Å²) < 4.78 is 32.0. The van der Waals surface area contributed by atoms with E-state index in [0.29, 0.717) is 30.5 Å². The number of rotatable bonds is 3. The molecule has 7 heteroatoms. The molecule has 1 aromatic heterocycles. The highest BCUT2D eigenvalue weighted by Crippen LogP contribution is 2.30. The van der Waals surface area contributed by atoms with Crippen LogP contribution in [-0.2, 0) is 20.6 Å². The average Bonchev–Trinajstić information content (AvgIpc) is 2.77. The third-order valence-corrected chi connectivity index (χ3v) is 6.54. The minimum Gasteiger partial charge on any atom is -0.378 e. The van der Waals surface area contributed by atoms with Gasteiger partial charge in [-0.25, -0.2) is 8.42 Å². The van der Waals surface area contributed by atoms with Gasteiger partial charge in [0.25, 0.3) is 0 Å². The van der Waals surface area contributed by atoms with Crippen molar-refractivity contribution in [2.75, 3.05) is 19.8 Å². The van der Waals surface area contributed by atoms with Gasteiger partial charge in [-0.15, -0.1) is 22.9 Å². The first-order valence-corrected chi connectivity index (χ1v) is 8.47. The molecule has 1 aromatic rings. The van der Waals surface area contributed by atoms with Gasteiger partial charge in [0.05, 0.1) is 29.5 Å². The van der Waals surface area contributed by atoms with Gasteiger partial charge in [0.2, 0.25) is 10.0 Å². The molecule has 1 aliphatic rings. The molecule has 2 heterocycles. The maximum atomic E-state index is 12.6. The van der Waals surface area contributed by atoms with Crippen LogP contribution in [0, 0.1) is 0 Å². The normalized spacial score (nSPS) is 21.1. The van der Waals surface area contributed by atoms with Crippen molar-refractivity contribution in [3.05, 3.63) is 16.3 Å². The summed E-state index contributed by atoms with van der Waals surface area (Å²) in [6.45, 7) is 4.99. The van der Waals surface area contributed by atoms with Crippen molar-refractivity contribution in [2.45, 2.75) is 30.2 Å². The Morgan fingerprint density at radius 3 is 2.83 bits per heavy atom. The van der Waals surface area contributed by atoms with Crippen LogP contribution in [-0.4, -0.2) is 38.0 Å². The number of ether oxygens (including phenoxy) is 1.